The Balaban J connectivity index is 2.73. The summed E-state index contributed by atoms with van der Waals surface area (Å²) in [6.45, 7) is 4.82. The van der Waals surface area contributed by atoms with E-state index in [4.69, 9.17) is 33.7 Å². The molecule has 1 aromatic rings. The van der Waals surface area contributed by atoms with Crippen molar-refractivity contribution >= 4 is 34.8 Å². The zero-order valence-corrected chi connectivity index (χ0v) is 11.8. The second-order valence-electron chi connectivity index (χ2n) is 3.89. The van der Waals surface area contributed by atoms with Crippen molar-refractivity contribution in [3.63, 3.8) is 0 Å². The van der Waals surface area contributed by atoms with Crippen molar-refractivity contribution < 1.29 is 9.53 Å². The Labute approximate surface area is 116 Å². The van der Waals surface area contributed by atoms with E-state index in [1.807, 2.05) is 13.8 Å². The molecule has 0 aromatic heterocycles. The lowest BCUT2D eigenvalue weighted by molar-refractivity contribution is 0.0872. The fourth-order valence-electron chi connectivity index (χ4n) is 1.36. The maximum atomic E-state index is 11.9. The predicted molar refractivity (Wildman–Crippen MR) is 74.3 cm³/mol. The smallest absolute Gasteiger partial charge is 0.251 e. The van der Waals surface area contributed by atoms with Crippen molar-refractivity contribution in [2.75, 3.05) is 18.9 Å². The van der Waals surface area contributed by atoms with Gasteiger partial charge in [-0.3, -0.25) is 4.79 Å². The van der Waals surface area contributed by atoms with Gasteiger partial charge in [-0.25, -0.2) is 0 Å². The Morgan fingerprint density at radius 1 is 1.44 bits per heavy atom. The molecule has 1 rings (SSSR count). The average Bonchev–Trinajstić information content (AvgIpc) is 2.32. The summed E-state index contributed by atoms with van der Waals surface area (Å²) in [5.74, 6) is -0.258. The minimum atomic E-state index is -0.258. The zero-order chi connectivity index (χ0) is 13.7. The van der Waals surface area contributed by atoms with E-state index >= 15 is 0 Å². The van der Waals surface area contributed by atoms with Crippen molar-refractivity contribution in [3.05, 3.63) is 27.7 Å². The number of benzene rings is 1. The van der Waals surface area contributed by atoms with E-state index < -0.39 is 0 Å². The Hall–Kier alpha value is -0.970. The van der Waals surface area contributed by atoms with Crippen LogP contribution in [0.2, 0.25) is 10.0 Å². The van der Waals surface area contributed by atoms with Crippen LogP contribution in [0.1, 0.15) is 24.2 Å². The van der Waals surface area contributed by atoms with Crippen LogP contribution >= 0.6 is 23.2 Å². The molecule has 0 spiro atoms. The Morgan fingerprint density at radius 2 is 2.00 bits per heavy atom. The summed E-state index contributed by atoms with van der Waals surface area (Å²) in [6, 6.07) is 2.89. The van der Waals surface area contributed by atoms with E-state index in [0.717, 1.165) is 0 Å². The summed E-state index contributed by atoms with van der Waals surface area (Å²) in [7, 11) is 0. The topological polar surface area (TPSA) is 64.3 Å². The van der Waals surface area contributed by atoms with Gasteiger partial charge in [-0.05, 0) is 26.0 Å². The van der Waals surface area contributed by atoms with Crippen LogP contribution in [0, 0.1) is 0 Å². The van der Waals surface area contributed by atoms with E-state index in [2.05, 4.69) is 5.32 Å². The molecule has 0 aliphatic heterocycles. The highest BCUT2D eigenvalue weighted by molar-refractivity contribution is 6.39. The van der Waals surface area contributed by atoms with Crippen molar-refractivity contribution in [2.24, 2.45) is 0 Å². The van der Waals surface area contributed by atoms with Gasteiger partial charge in [0.05, 0.1) is 22.3 Å². The van der Waals surface area contributed by atoms with Crippen molar-refractivity contribution in [3.8, 4) is 0 Å². The van der Waals surface area contributed by atoms with Gasteiger partial charge in [0.2, 0.25) is 0 Å². The largest absolute Gasteiger partial charge is 0.396 e. The summed E-state index contributed by atoms with van der Waals surface area (Å²) >= 11 is 11.7. The van der Waals surface area contributed by atoms with Gasteiger partial charge < -0.3 is 15.8 Å². The van der Waals surface area contributed by atoms with Crippen LogP contribution in [0.15, 0.2) is 12.1 Å². The highest BCUT2D eigenvalue weighted by Crippen LogP contribution is 2.28. The number of carbonyl (C=O) groups excluding carboxylic acids is 1. The number of rotatable bonds is 5. The molecule has 1 unspecified atom stereocenters. The van der Waals surface area contributed by atoms with Crippen molar-refractivity contribution in [1.82, 2.24) is 5.32 Å². The van der Waals surface area contributed by atoms with Crippen LogP contribution in [0.3, 0.4) is 0 Å². The average molecular weight is 291 g/mol. The van der Waals surface area contributed by atoms with Gasteiger partial charge in [-0.2, -0.15) is 0 Å². The Morgan fingerprint density at radius 3 is 2.50 bits per heavy atom. The summed E-state index contributed by atoms with van der Waals surface area (Å²) in [5, 5.41) is 3.32. The van der Waals surface area contributed by atoms with Gasteiger partial charge in [-0.1, -0.05) is 23.2 Å². The third-order valence-corrected chi connectivity index (χ3v) is 2.92. The van der Waals surface area contributed by atoms with Crippen LogP contribution in [-0.2, 0) is 4.74 Å². The zero-order valence-electron chi connectivity index (χ0n) is 10.3. The molecule has 100 valence electrons. The summed E-state index contributed by atoms with van der Waals surface area (Å²) in [6.07, 6.45) is 0. The van der Waals surface area contributed by atoms with Crippen LogP contribution in [0.5, 0.6) is 0 Å². The number of halogens is 2. The molecule has 4 nitrogen and oxygen atoms in total. The van der Waals surface area contributed by atoms with Gasteiger partial charge >= 0.3 is 0 Å². The third-order valence-electron chi connectivity index (χ3n) is 2.29. The molecule has 0 aliphatic rings. The molecule has 0 saturated heterocycles. The lowest BCUT2D eigenvalue weighted by atomic mass is 10.2. The van der Waals surface area contributed by atoms with Crippen molar-refractivity contribution in [2.45, 2.75) is 19.9 Å². The molecular formula is C12H16Cl2N2O2. The van der Waals surface area contributed by atoms with Crippen LogP contribution in [0.25, 0.3) is 0 Å². The Kier molecular flexibility index (Phi) is 5.72. The molecule has 3 N–H and O–H groups in total. The number of hydrogen-bond acceptors (Lipinski definition) is 3. The number of carbonyl (C=O) groups is 1. The molecule has 0 fully saturated rings. The van der Waals surface area contributed by atoms with E-state index in [-0.39, 0.29) is 27.7 Å². The number of hydrogen-bond donors (Lipinski definition) is 2. The number of amides is 1. The first-order valence-corrected chi connectivity index (χ1v) is 6.34. The van der Waals surface area contributed by atoms with E-state index in [1.165, 1.54) is 12.1 Å². The maximum Gasteiger partial charge on any atom is 0.251 e. The molecular weight excluding hydrogens is 275 g/mol. The van der Waals surface area contributed by atoms with Gasteiger partial charge in [-0.15, -0.1) is 0 Å². The molecule has 0 saturated carbocycles. The normalized spacial score (nSPS) is 12.2. The lowest BCUT2D eigenvalue weighted by Crippen LogP contribution is -2.35. The van der Waals surface area contributed by atoms with E-state index in [9.17, 15) is 4.79 Å². The molecule has 1 aromatic carbocycles. The molecule has 0 aliphatic carbocycles. The highest BCUT2D eigenvalue weighted by Gasteiger charge is 2.13. The van der Waals surface area contributed by atoms with Crippen LogP contribution in [-0.4, -0.2) is 25.2 Å². The first-order chi connectivity index (χ1) is 8.45. The summed E-state index contributed by atoms with van der Waals surface area (Å²) in [4.78, 5) is 11.9. The first-order valence-electron chi connectivity index (χ1n) is 5.58. The summed E-state index contributed by atoms with van der Waals surface area (Å²) < 4.78 is 5.21. The monoisotopic (exact) mass is 290 g/mol. The van der Waals surface area contributed by atoms with Crippen molar-refractivity contribution in [1.29, 1.82) is 0 Å². The number of anilines is 1. The molecule has 0 bridgehead atoms. The Bertz CT molecular complexity index is 415. The molecule has 0 radical (unpaired) electrons. The van der Waals surface area contributed by atoms with Gasteiger partial charge in [0, 0.05) is 18.2 Å². The van der Waals surface area contributed by atoms with Gasteiger partial charge in [0.1, 0.15) is 0 Å². The number of nitrogen functional groups attached to an aromatic ring is 1. The second kappa shape index (κ2) is 6.83. The molecule has 0 heterocycles. The third kappa shape index (κ3) is 4.05. The number of ether oxygens (including phenoxy) is 1. The molecule has 1 amide bonds. The maximum absolute atomic E-state index is 11.9. The first kappa shape index (κ1) is 15.1. The number of nitrogens with two attached hydrogens (primary N) is 1. The second-order valence-corrected chi connectivity index (χ2v) is 4.70. The predicted octanol–water partition coefficient (Wildman–Crippen LogP) is 2.73. The molecule has 6 heteroatoms. The standard InChI is InChI=1S/C12H16Cl2N2O2/c1-3-18-6-7(2)16-12(17)8-4-9(13)11(15)10(14)5-8/h4-5,7H,3,6,15H2,1-2H3,(H,16,17). The van der Waals surface area contributed by atoms with Gasteiger partial charge in [0.15, 0.2) is 0 Å². The molecule has 18 heavy (non-hydrogen) atoms. The minimum Gasteiger partial charge on any atom is -0.396 e. The van der Waals surface area contributed by atoms with Crippen LogP contribution in [0.4, 0.5) is 5.69 Å². The highest BCUT2D eigenvalue weighted by atomic mass is 35.5. The van der Waals surface area contributed by atoms with Crippen LogP contribution < -0.4 is 11.1 Å². The summed E-state index contributed by atoms with van der Waals surface area (Å²) in [5.41, 5.74) is 6.25. The molecule has 1 atom stereocenters. The SMILES string of the molecule is CCOCC(C)NC(=O)c1cc(Cl)c(N)c(Cl)c1. The fourth-order valence-corrected chi connectivity index (χ4v) is 1.85. The number of nitrogens with one attached hydrogen (secondary N) is 1. The fraction of sp³-hybridized carbons (Fsp3) is 0.417. The lowest BCUT2D eigenvalue weighted by Gasteiger charge is -2.14. The van der Waals surface area contributed by atoms with Gasteiger partial charge in [0.25, 0.3) is 5.91 Å². The van der Waals surface area contributed by atoms with E-state index in [1.54, 1.807) is 0 Å². The quantitative estimate of drug-likeness (QED) is 0.820. The minimum absolute atomic E-state index is 0.0902. The van der Waals surface area contributed by atoms with E-state index in [0.29, 0.717) is 18.8 Å².